The van der Waals surface area contributed by atoms with Gasteiger partial charge >= 0.3 is 0 Å². The molecule has 118 valence electrons. The van der Waals surface area contributed by atoms with Gasteiger partial charge in [-0.3, -0.25) is 9.20 Å². The Labute approximate surface area is 130 Å². The summed E-state index contributed by atoms with van der Waals surface area (Å²) in [6.07, 6.45) is 0. The van der Waals surface area contributed by atoms with Crippen molar-refractivity contribution >= 4 is 16.8 Å². The van der Waals surface area contributed by atoms with Crippen LogP contribution in [0.5, 0.6) is 0 Å². The van der Waals surface area contributed by atoms with Crippen LogP contribution in [-0.4, -0.2) is 34.3 Å². The Balaban J connectivity index is 2.38. The monoisotopic (exact) mass is 309 g/mol. The molecule has 5 heteroatoms. The van der Waals surface area contributed by atoms with Gasteiger partial charge < -0.3 is 10.6 Å². The first kappa shape index (κ1) is 17.7. The van der Waals surface area contributed by atoms with Crippen molar-refractivity contribution in [1.82, 2.24) is 10.6 Å². The first-order chi connectivity index (χ1) is 9.82. The zero-order chi connectivity index (χ0) is 15.9. The topological polar surface area (TPSA) is 53.5 Å². The van der Waals surface area contributed by atoms with Crippen molar-refractivity contribution in [2.75, 3.05) is 19.3 Å². The molecule has 0 aromatic heterocycles. The minimum absolute atomic E-state index is 0.166. The minimum atomic E-state index is -0.844. The van der Waals surface area contributed by atoms with Crippen molar-refractivity contribution in [1.29, 1.82) is 0 Å². The number of rotatable bonds is 5. The van der Waals surface area contributed by atoms with Crippen molar-refractivity contribution in [2.24, 2.45) is 4.99 Å². The normalized spacial score (nSPS) is 13.9. The zero-order valence-corrected chi connectivity index (χ0v) is 14.5. The molecule has 0 saturated heterocycles. The lowest BCUT2D eigenvalue weighted by molar-refractivity contribution is 0.647. The van der Waals surface area contributed by atoms with E-state index in [-0.39, 0.29) is 4.75 Å². The van der Waals surface area contributed by atoms with Gasteiger partial charge in [0, 0.05) is 41.4 Å². The van der Waals surface area contributed by atoms with E-state index >= 15 is 0 Å². The summed E-state index contributed by atoms with van der Waals surface area (Å²) in [7, 11) is 0.898. The molecule has 1 rings (SSSR count). The Morgan fingerprint density at radius 3 is 2.57 bits per heavy atom. The number of nitrogens with one attached hydrogen (secondary N) is 2. The Kier molecular flexibility index (Phi) is 6.89. The maximum absolute atomic E-state index is 12.0. The molecule has 0 spiro atoms. The maximum Gasteiger partial charge on any atom is 0.191 e. The molecule has 0 radical (unpaired) electrons. The summed E-state index contributed by atoms with van der Waals surface area (Å²) < 4.78 is 11.8. The van der Waals surface area contributed by atoms with Gasteiger partial charge in [-0.2, -0.15) is 0 Å². The smallest absolute Gasteiger partial charge is 0.191 e. The van der Waals surface area contributed by atoms with E-state index in [1.807, 2.05) is 20.8 Å². The highest BCUT2D eigenvalue weighted by molar-refractivity contribution is 7.86. The number of aryl methyl sites for hydroxylation is 1. The largest absolute Gasteiger partial charge is 0.355 e. The quantitative estimate of drug-likeness (QED) is 0.648. The van der Waals surface area contributed by atoms with Crippen LogP contribution in [0.1, 0.15) is 31.9 Å². The fourth-order valence-electron chi connectivity index (χ4n) is 1.80. The zero-order valence-electron chi connectivity index (χ0n) is 13.7. The molecule has 1 aromatic carbocycles. The number of nitrogens with zero attached hydrogens (tertiary/aromatic N) is 1. The Morgan fingerprint density at radius 1 is 1.29 bits per heavy atom. The molecule has 4 nitrogen and oxygen atoms in total. The van der Waals surface area contributed by atoms with Crippen molar-refractivity contribution in [2.45, 2.75) is 39.0 Å². The van der Waals surface area contributed by atoms with Crippen LogP contribution in [0.4, 0.5) is 0 Å². The first-order valence-corrected chi connectivity index (χ1v) is 8.53. The molecule has 0 fully saturated rings. The molecular weight excluding hydrogens is 282 g/mol. The molecule has 0 aliphatic carbocycles. The second-order valence-corrected chi connectivity index (χ2v) is 8.33. The third-order valence-electron chi connectivity index (χ3n) is 3.03. The van der Waals surface area contributed by atoms with Gasteiger partial charge in [-0.1, -0.05) is 29.8 Å². The van der Waals surface area contributed by atoms with Gasteiger partial charge in [0.05, 0.1) is 0 Å². The van der Waals surface area contributed by atoms with E-state index in [4.69, 9.17) is 0 Å². The molecule has 0 aliphatic heterocycles. The molecule has 21 heavy (non-hydrogen) atoms. The number of hydrogen-bond donors (Lipinski definition) is 2. The molecular formula is C16H27N3OS. The third-order valence-corrected chi connectivity index (χ3v) is 4.97. The molecule has 0 saturated carbocycles. The molecule has 0 heterocycles. The van der Waals surface area contributed by atoms with Gasteiger partial charge in [0.2, 0.25) is 0 Å². The molecule has 2 N–H and O–H groups in total. The van der Waals surface area contributed by atoms with Gasteiger partial charge in [0.15, 0.2) is 5.96 Å². The van der Waals surface area contributed by atoms with E-state index in [9.17, 15) is 4.21 Å². The van der Waals surface area contributed by atoms with Crippen molar-refractivity contribution in [3.63, 3.8) is 0 Å². The highest BCUT2D eigenvalue weighted by atomic mass is 32.2. The van der Waals surface area contributed by atoms with Crippen LogP contribution >= 0.6 is 0 Å². The summed E-state index contributed by atoms with van der Waals surface area (Å²) >= 11 is 0. The van der Waals surface area contributed by atoms with Crippen molar-refractivity contribution in [3.8, 4) is 0 Å². The van der Waals surface area contributed by atoms with Crippen LogP contribution in [0.3, 0.4) is 0 Å². The van der Waals surface area contributed by atoms with Crippen molar-refractivity contribution < 1.29 is 4.21 Å². The van der Waals surface area contributed by atoms with E-state index in [1.165, 1.54) is 11.1 Å². The summed E-state index contributed by atoms with van der Waals surface area (Å²) in [4.78, 5) is 4.18. The summed E-state index contributed by atoms with van der Waals surface area (Å²) in [6.45, 7) is 9.44. The third kappa shape index (κ3) is 6.76. The number of benzene rings is 1. The fourth-order valence-corrected chi connectivity index (χ4v) is 2.70. The summed E-state index contributed by atoms with van der Waals surface area (Å²) in [5.41, 5.74) is 2.47. The van der Waals surface area contributed by atoms with Gasteiger partial charge in [-0.05, 0) is 33.3 Å². The summed E-state index contributed by atoms with van der Waals surface area (Å²) in [6, 6.07) is 8.37. The number of guanidine groups is 1. The predicted octanol–water partition coefficient (Wildman–Crippen LogP) is 2.21. The average molecular weight is 309 g/mol. The predicted molar refractivity (Wildman–Crippen MR) is 92.1 cm³/mol. The van der Waals surface area contributed by atoms with E-state index in [1.54, 1.807) is 7.05 Å². The summed E-state index contributed by atoms with van der Waals surface area (Å²) in [5, 5.41) is 6.47. The number of aliphatic imine (C=N–C) groups is 1. The highest BCUT2D eigenvalue weighted by Crippen LogP contribution is 2.10. The molecule has 0 bridgehead atoms. The Hall–Kier alpha value is -1.36. The fraction of sp³-hybridized carbons (Fsp3) is 0.562. The lowest BCUT2D eigenvalue weighted by Gasteiger charge is -2.18. The van der Waals surface area contributed by atoms with Gasteiger partial charge in [-0.15, -0.1) is 0 Å². The van der Waals surface area contributed by atoms with E-state index < -0.39 is 10.8 Å². The molecule has 1 atom stereocenters. The molecule has 0 aliphatic rings. The Bertz CT molecular complexity index is 506. The lowest BCUT2D eigenvalue weighted by atomic mass is 10.1. The SMILES string of the molecule is CN=C(NCCS(=O)C(C)(C)C)NCc1cccc(C)c1. The number of hydrogen-bond acceptors (Lipinski definition) is 2. The standard InChI is InChI=1S/C16H27N3OS/c1-13-7-6-8-14(11-13)12-19-15(17-5)18-9-10-21(20)16(2,3)4/h6-8,11H,9-10,12H2,1-5H3,(H2,17,18,19). The minimum Gasteiger partial charge on any atom is -0.355 e. The van der Waals surface area contributed by atoms with Gasteiger partial charge in [0.1, 0.15) is 0 Å². The molecule has 1 unspecified atom stereocenters. The van der Waals surface area contributed by atoms with Crippen LogP contribution < -0.4 is 10.6 Å². The van der Waals surface area contributed by atoms with Gasteiger partial charge in [-0.25, -0.2) is 0 Å². The van der Waals surface area contributed by atoms with Crippen LogP contribution in [-0.2, 0) is 17.3 Å². The van der Waals surface area contributed by atoms with Crippen LogP contribution in [0.2, 0.25) is 0 Å². The Morgan fingerprint density at radius 2 is 2.00 bits per heavy atom. The summed E-state index contributed by atoms with van der Waals surface area (Å²) in [5.74, 6) is 1.36. The second-order valence-electron chi connectivity index (χ2n) is 6.00. The lowest BCUT2D eigenvalue weighted by Crippen LogP contribution is -2.40. The van der Waals surface area contributed by atoms with Gasteiger partial charge in [0.25, 0.3) is 0 Å². The first-order valence-electron chi connectivity index (χ1n) is 7.21. The van der Waals surface area contributed by atoms with Crippen LogP contribution in [0.15, 0.2) is 29.3 Å². The van der Waals surface area contributed by atoms with Crippen molar-refractivity contribution in [3.05, 3.63) is 35.4 Å². The molecule has 0 amide bonds. The van der Waals surface area contributed by atoms with Crippen LogP contribution in [0, 0.1) is 6.92 Å². The highest BCUT2D eigenvalue weighted by Gasteiger charge is 2.18. The molecule has 1 aromatic rings. The average Bonchev–Trinajstić information content (AvgIpc) is 2.41. The van der Waals surface area contributed by atoms with E-state index in [0.717, 1.165) is 12.5 Å². The van der Waals surface area contributed by atoms with E-state index in [0.29, 0.717) is 12.3 Å². The maximum atomic E-state index is 12.0. The van der Waals surface area contributed by atoms with Crippen LogP contribution in [0.25, 0.3) is 0 Å². The van der Waals surface area contributed by atoms with E-state index in [2.05, 4.69) is 46.8 Å². The second kappa shape index (κ2) is 8.17.